The van der Waals surface area contributed by atoms with Crippen LogP contribution in [-0.2, 0) is 4.74 Å². The lowest BCUT2D eigenvalue weighted by Gasteiger charge is -2.32. The van der Waals surface area contributed by atoms with Gasteiger partial charge in [-0.3, -0.25) is 0 Å². The highest BCUT2D eigenvalue weighted by Crippen LogP contribution is 2.29. The third kappa shape index (κ3) is 6.32. The molecule has 0 radical (unpaired) electrons. The zero-order chi connectivity index (χ0) is 19.3. The Labute approximate surface area is 173 Å². The van der Waals surface area contributed by atoms with Gasteiger partial charge in [0, 0.05) is 18.8 Å². The summed E-state index contributed by atoms with van der Waals surface area (Å²) in [6.07, 6.45) is -1.01. The number of rotatable bonds is 3. The van der Waals surface area contributed by atoms with Gasteiger partial charge in [-0.05, 0) is 37.7 Å². The molecule has 1 aliphatic heterocycles. The molecular weight excluding hydrogens is 419 g/mol. The van der Waals surface area contributed by atoms with E-state index in [2.05, 4.69) is 16.0 Å². The van der Waals surface area contributed by atoms with Crippen LogP contribution in [0.15, 0.2) is 18.2 Å². The van der Waals surface area contributed by atoms with Crippen molar-refractivity contribution in [1.82, 2.24) is 15.5 Å². The third-order valence-corrected chi connectivity index (χ3v) is 4.67. The summed E-state index contributed by atoms with van der Waals surface area (Å²) >= 11 is 23.3. The Morgan fingerprint density at radius 1 is 1.23 bits per heavy atom. The van der Waals surface area contributed by atoms with Crippen LogP contribution in [0, 0.1) is 13.8 Å². The predicted octanol–water partition coefficient (Wildman–Crippen LogP) is 3.33. The number of carbonyl (C=O) groups excluding carboxylic acids is 1. The fourth-order valence-electron chi connectivity index (χ4n) is 2.42. The Bertz CT molecular complexity index is 663. The Kier molecular flexibility index (Phi) is 7.61. The number of urea groups is 1. The molecule has 0 aliphatic carbocycles. The minimum absolute atomic E-state index is 0.232. The van der Waals surface area contributed by atoms with E-state index in [4.69, 9.17) is 51.8 Å². The molecule has 26 heavy (non-hydrogen) atoms. The summed E-state index contributed by atoms with van der Waals surface area (Å²) in [7, 11) is 0. The number of hydrogen-bond acceptors (Lipinski definition) is 3. The van der Waals surface area contributed by atoms with Gasteiger partial charge in [-0.25, -0.2) is 4.79 Å². The number of thiocarbonyl (C=S) groups is 1. The van der Waals surface area contributed by atoms with Gasteiger partial charge >= 0.3 is 6.03 Å². The second kappa shape index (κ2) is 9.28. The molecule has 3 N–H and O–H groups in total. The number of aryl methyl sites for hydroxylation is 2. The Balaban J connectivity index is 2.00. The Morgan fingerprint density at radius 2 is 1.88 bits per heavy atom. The fraction of sp³-hybridized carbons (Fsp3) is 0.500. The molecule has 1 aliphatic rings. The van der Waals surface area contributed by atoms with Gasteiger partial charge in [-0.2, -0.15) is 0 Å². The third-order valence-electron chi connectivity index (χ3n) is 3.80. The molecule has 1 aromatic carbocycles. The smallest absolute Gasteiger partial charge is 0.319 e. The van der Waals surface area contributed by atoms with E-state index in [1.54, 1.807) is 4.90 Å². The van der Waals surface area contributed by atoms with Gasteiger partial charge in [0.1, 0.15) is 0 Å². The summed E-state index contributed by atoms with van der Waals surface area (Å²) in [5.74, 6) is 0. The van der Waals surface area contributed by atoms with E-state index in [-0.39, 0.29) is 11.1 Å². The van der Waals surface area contributed by atoms with Gasteiger partial charge in [0.2, 0.25) is 3.79 Å². The van der Waals surface area contributed by atoms with Gasteiger partial charge in [-0.15, -0.1) is 0 Å². The maximum absolute atomic E-state index is 12.4. The van der Waals surface area contributed by atoms with Crippen LogP contribution in [0.5, 0.6) is 0 Å². The summed E-state index contributed by atoms with van der Waals surface area (Å²) in [5.41, 5.74) is 3.00. The standard InChI is InChI=1S/C16H21Cl3N4O2S/c1-10-3-4-12(11(2)9-10)20-14(26)21-13(16(17,18)19)22-15(24)23-5-7-25-8-6-23/h3-4,9,13H,5-8H2,1-2H3,(H,22,24)(H2,20,21,26). The van der Waals surface area contributed by atoms with Crippen LogP contribution in [0.2, 0.25) is 0 Å². The van der Waals surface area contributed by atoms with Gasteiger partial charge in [-0.1, -0.05) is 52.5 Å². The first-order chi connectivity index (χ1) is 12.2. The van der Waals surface area contributed by atoms with Crippen LogP contribution in [0.1, 0.15) is 11.1 Å². The molecule has 10 heteroatoms. The number of ether oxygens (including phenoxy) is 1. The minimum atomic E-state index is -1.80. The number of anilines is 1. The van der Waals surface area contributed by atoms with Crippen LogP contribution < -0.4 is 16.0 Å². The molecule has 1 saturated heterocycles. The number of amides is 2. The van der Waals surface area contributed by atoms with Crippen LogP contribution in [0.25, 0.3) is 0 Å². The van der Waals surface area contributed by atoms with Crippen molar-refractivity contribution in [2.75, 3.05) is 31.6 Å². The number of benzene rings is 1. The second-order valence-corrected chi connectivity index (χ2v) is 8.72. The SMILES string of the molecule is Cc1ccc(NC(=S)NC(NC(=O)N2CCOCC2)C(Cl)(Cl)Cl)c(C)c1. The van der Waals surface area contributed by atoms with Crippen molar-refractivity contribution < 1.29 is 9.53 Å². The lowest BCUT2D eigenvalue weighted by Crippen LogP contribution is -2.59. The minimum Gasteiger partial charge on any atom is -0.378 e. The van der Waals surface area contributed by atoms with E-state index in [9.17, 15) is 4.79 Å². The second-order valence-electron chi connectivity index (χ2n) is 5.94. The molecule has 0 aromatic heterocycles. The molecule has 1 fully saturated rings. The highest BCUT2D eigenvalue weighted by molar-refractivity contribution is 7.80. The number of halogens is 3. The van der Waals surface area contributed by atoms with Crippen molar-refractivity contribution in [1.29, 1.82) is 0 Å². The monoisotopic (exact) mass is 438 g/mol. The van der Waals surface area contributed by atoms with Gasteiger partial charge in [0.25, 0.3) is 0 Å². The fourth-order valence-corrected chi connectivity index (χ4v) is 2.98. The zero-order valence-corrected chi connectivity index (χ0v) is 17.5. The topological polar surface area (TPSA) is 65.6 Å². The maximum Gasteiger partial charge on any atom is 0.319 e. The summed E-state index contributed by atoms with van der Waals surface area (Å²) < 4.78 is 3.43. The molecule has 0 spiro atoms. The lowest BCUT2D eigenvalue weighted by molar-refractivity contribution is 0.0524. The van der Waals surface area contributed by atoms with Crippen LogP contribution in [0.4, 0.5) is 10.5 Å². The number of alkyl halides is 3. The maximum atomic E-state index is 12.4. The van der Waals surface area contributed by atoms with E-state index in [1.807, 2.05) is 32.0 Å². The molecule has 6 nitrogen and oxygen atoms in total. The largest absolute Gasteiger partial charge is 0.378 e. The van der Waals surface area contributed by atoms with Crippen molar-refractivity contribution in [2.45, 2.75) is 23.8 Å². The number of nitrogens with zero attached hydrogens (tertiary/aromatic N) is 1. The molecular formula is C16H21Cl3N4O2S. The lowest BCUT2D eigenvalue weighted by atomic mass is 10.1. The van der Waals surface area contributed by atoms with Gasteiger partial charge < -0.3 is 25.6 Å². The van der Waals surface area contributed by atoms with E-state index >= 15 is 0 Å². The Morgan fingerprint density at radius 3 is 2.46 bits per heavy atom. The molecule has 2 rings (SSSR count). The summed E-state index contributed by atoms with van der Waals surface area (Å²) in [6.45, 7) is 5.88. The number of hydrogen-bond donors (Lipinski definition) is 3. The number of morpholine rings is 1. The first kappa shape index (κ1) is 21.3. The molecule has 0 bridgehead atoms. The molecule has 1 heterocycles. The molecule has 1 atom stereocenters. The average molecular weight is 440 g/mol. The molecule has 144 valence electrons. The number of carbonyl (C=O) groups is 1. The first-order valence-electron chi connectivity index (χ1n) is 8.01. The van der Waals surface area contributed by atoms with E-state index in [1.165, 1.54) is 0 Å². The first-order valence-corrected chi connectivity index (χ1v) is 9.55. The van der Waals surface area contributed by atoms with Crippen LogP contribution in [0.3, 0.4) is 0 Å². The highest BCUT2D eigenvalue weighted by atomic mass is 35.6. The zero-order valence-electron chi connectivity index (χ0n) is 14.4. The van der Waals surface area contributed by atoms with Gasteiger partial charge in [0.15, 0.2) is 11.3 Å². The van der Waals surface area contributed by atoms with E-state index in [0.29, 0.717) is 26.3 Å². The predicted molar refractivity (Wildman–Crippen MR) is 110 cm³/mol. The van der Waals surface area contributed by atoms with Crippen molar-refractivity contribution in [2.24, 2.45) is 0 Å². The van der Waals surface area contributed by atoms with Crippen molar-refractivity contribution >= 4 is 63.9 Å². The highest BCUT2D eigenvalue weighted by Gasteiger charge is 2.35. The van der Waals surface area contributed by atoms with E-state index < -0.39 is 9.96 Å². The summed E-state index contributed by atoms with van der Waals surface area (Å²) in [4.78, 5) is 14.0. The Hall–Kier alpha value is -0.990. The van der Waals surface area contributed by atoms with Crippen molar-refractivity contribution in [3.63, 3.8) is 0 Å². The summed E-state index contributed by atoms with van der Waals surface area (Å²) in [5, 5.41) is 8.80. The van der Waals surface area contributed by atoms with Gasteiger partial charge in [0.05, 0.1) is 13.2 Å². The quantitative estimate of drug-likeness (QED) is 0.383. The molecule has 1 aromatic rings. The van der Waals surface area contributed by atoms with E-state index in [0.717, 1.165) is 16.8 Å². The molecule has 0 saturated carbocycles. The van der Waals surface area contributed by atoms with Crippen LogP contribution >= 0.6 is 47.0 Å². The van der Waals surface area contributed by atoms with Crippen molar-refractivity contribution in [3.05, 3.63) is 29.3 Å². The van der Waals surface area contributed by atoms with Crippen LogP contribution in [-0.4, -0.2) is 52.3 Å². The molecule has 2 amide bonds. The molecule has 1 unspecified atom stereocenters. The van der Waals surface area contributed by atoms with Crippen molar-refractivity contribution in [3.8, 4) is 0 Å². The normalized spacial score (nSPS) is 16.0. The average Bonchev–Trinajstić information content (AvgIpc) is 2.56. The summed E-state index contributed by atoms with van der Waals surface area (Å²) in [6, 6.07) is 5.55. The number of nitrogens with one attached hydrogen (secondary N) is 3.